The van der Waals surface area contributed by atoms with Crippen molar-refractivity contribution in [3.05, 3.63) is 5.89 Å². The second-order valence-corrected chi connectivity index (χ2v) is 5.82. The lowest BCUT2D eigenvalue weighted by molar-refractivity contribution is 0.477. The highest BCUT2D eigenvalue weighted by Crippen LogP contribution is 2.09. The third kappa shape index (κ3) is 4.15. The second-order valence-electron chi connectivity index (χ2n) is 3.56. The van der Waals surface area contributed by atoms with Crippen molar-refractivity contribution in [1.82, 2.24) is 15.5 Å². The summed E-state index contributed by atoms with van der Waals surface area (Å²) in [4.78, 5) is 1.62. The summed E-state index contributed by atoms with van der Waals surface area (Å²) in [5, 5.41) is 10.5. The van der Waals surface area contributed by atoms with Crippen LogP contribution in [0.4, 0.5) is 6.01 Å². The smallest absolute Gasteiger partial charge is 0.317 e. The van der Waals surface area contributed by atoms with E-state index in [9.17, 15) is 8.42 Å². The zero-order valence-corrected chi connectivity index (χ0v) is 10.4. The van der Waals surface area contributed by atoms with E-state index in [1.54, 1.807) is 19.0 Å². The van der Waals surface area contributed by atoms with Crippen LogP contribution in [0.5, 0.6) is 0 Å². The predicted octanol–water partition coefficient (Wildman–Crippen LogP) is -0.730. The highest BCUT2D eigenvalue weighted by atomic mass is 32.2. The first-order valence-electron chi connectivity index (χ1n) is 4.78. The predicted molar refractivity (Wildman–Crippen MR) is 60.0 cm³/mol. The molecule has 0 aliphatic heterocycles. The molecular formula is C8H16N4O3S. The molecule has 0 saturated heterocycles. The van der Waals surface area contributed by atoms with Gasteiger partial charge in [-0.3, -0.25) is 0 Å². The third-order valence-corrected chi connectivity index (χ3v) is 2.83. The van der Waals surface area contributed by atoms with E-state index in [1.165, 1.54) is 6.26 Å². The molecule has 92 valence electrons. The quantitative estimate of drug-likeness (QED) is 0.710. The van der Waals surface area contributed by atoms with Crippen molar-refractivity contribution < 1.29 is 12.8 Å². The van der Waals surface area contributed by atoms with Gasteiger partial charge in [0.15, 0.2) is 0 Å². The Labute approximate surface area is 94.8 Å². The van der Waals surface area contributed by atoms with Crippen molar-refractivity contribution in [1.29, 1.82) is 0 Å². The van der Waals surface area contributed by atoms with Gasteiger partial charge in [-0.2, -0.15) is 0 Å². The van der Waals surface area contributed by atoms with Crippen LogP contribution < -0.4 is 10.2 Å². The van der Waals surface area contributed by atoms with Crippen molar-refractivity contribution in [2.24, 2.45) is 0 Å². The summed E-state index contributed by atoms with van der Waals surface area (Å²) >= 11 is 0. The lowest BCUT2D eigenvalue weighted by atomic mass is 10.6. The van der Waals surface area contributed by atoms with Crippen molar-refractivity contribution >= 4 is 15.9 Å². The molecular weight excluding hydrogens is 232 g/mol. The molecule has 16 heavy (non-hydrogen) atoms. The van der Waals surface area contributed by atoms with Crippen LogP contribution in [-0.4, -0.2) is 51.3 Å². The Morgan fingerprint density at radius 2 is 2.12 bits per heavy atom. The van der Waals surface area contributed by atoms with Crippen LogP contribution in [0.2, 0.25) is 0 Å². The number of rotatable bonds is 6. The molecule has 8 heteroatoms. The summed E-state index contributed by atoms with van der Waals surface area (Å²) in [5.41, 5.74) is 0. The Balaban J connectivity index is 2.55. The van der Waals surface area contributed by atoms with Gasteiger partial charge in [0, 0.05) is 19.8 Å². The standard InChI is InChI=1S/C8H16N4O3S/c1-9-6-7-10-11-8(15-7)12(2)4-5-16(3,13)14/h9H,4-6H2,1-3H3. The fraction of sp³-hybridized carbons (Fsp3) is 0.750. The largest absolute Gasteiger partial charge is 0.407 e. The normalized spacial score (nSPS) is 11.7. The molecule has 0 aliphatic carbocycles. The molecule has 0 saturated carbocycles. The van der Waals surface area contributed by atoms with Crippen LogP contribution in [-0.2, 0) is 16.4 Å². The molecule has 0 bridgehead atoms. The highest BCUT2D eigenvalue weighted by molar-refractivity contribution is 7.90. The Kier molecular flexibility index (Phi) is 4.25. The van der Waals surface area contributed by atoms with Crippen LogP contribution in [0.15, 0.2) is 4.42 Å². The molecule has 0 atom stereocenters. The van der Waals surface area contributed by atoms with Crippen LogP contribution in [0.1, 0.15) is 5.89 Å². The van der Waals surface area contributed by atoms with Crippen molar-refractivity contribution in [3.63, 3.8) is 0 Å². The summed E-state index contributed by atoms with van der Waals surface area (Å²) in [6.07, 6.45) is 1.20. The van der Waals surface area contributed by atoms with E-state index in [-0.39, 0.29) is 5.75 Å². The fourth-order valence-corrected chi connectivity index (χ4v) is 1.63. The van der Waals surface area contributed by atoms with Gasteiger partial charge in [-0.25, -0.2) is 8.42 Å². The molecule has 1 heterocycles. The Hall–Kier alpha value is -1.15. The summed E-state index contributed by atoms with van der Waals surface area (Å²) in [6.45, 7) is 0.826. The maximum absolute atomic E-state index is 11.0. The van der Waals surface area contributed by atoms with Gasteiger partial charge in [-0.05, 0) is 7.05 Å². The van der Waals surface area contributed by atoms with E-state index < -0.39 is 9.84 Å². The average Bonchev–Trinajstić information content (AvgIpc) is 2.62. The Morgan fingerprint density at radius 3 is 2.69 bits per heavy atom. The van der Waals surface area contributed by atoms with E-state index in [1.807, 2.05) is 0 Å². The number of hydrogen-bond donors (Lipinski definition) is 1. The van der Waals surface area contributed by atoms with Gasteiger partial charge in [0.2, 0.25) is 5.89 Å². The summed E-state index contributed by atoms with van der Waals surface area (Å²) in [6, 6.07) is 0.328. The number of hydrogen-bond acceptors (Lipinski definition) is 7. The monoisotopic (exact) mass is 248 g/mol. The topological polar surface area (TPSA) is 88.3 Å². The van der Waals surface area contributed by atoms with E-state index in [0.717, 1.165) is 0 Å². The number of aromatic nitrogens is 2. The first kappa shape index (κ1) is 12.9. The van der Waals surface area contributed by atoms with Crippen LogP contribution in [0, 0.1) is 0 Å². The minimum absolute atomic E-state index is 0.0627. The van der Waals surface area contributed by atoms with Gasteiger partial charge < -0.3 is 14.6 Å². The zero-order chi connectivity index (χ0) is 12.2. The molecule has 0 radical (unpaired) electrons. The Bertz CT molecular complexity index is 428. The Morgan fingerprint density at radius 1 is 1.44 bits per heavy atom. The minimum atomic E-state index is -2.97. The number of nitrogens with zero attached hydrogens (tertiary/aromatic N) is 3. The van der Waals surface area contributed by atoms with Crippen molar-refractivity contribution in [2.45, 2.75) is 6.54 Å². The summed E-state index contributed by atoms with van der Waals surface area (Å²) in [5.74, 6) is 0.538. The maximum atomic E-state index is 11.0. The highest BCUT2D eigenvalue weighted by Gasteiger charge is 2.12. The zero-order valence-electron chi connectivity index (χ0n) is 9.60. The van der Waals surface area contributed by atoms with Gasteiger partial charge in [-0.15, -0.1) is 5.10 Å². The van der Waals surface area contributed by atoms with Crippen LogP contribution in [0.25, 0.3) is 0 Å². The lowest BCUT2D eigenvalue weighted by Crippen LogP contribution is -2.25. The molecule has 0 spiro atoms. The van der Waals surface area contributed by atoms with Crippen molar-refractivity contribution in [3.8, 4) is 0 Å². The third-order valence-electron chi connectivity index (χ3n) is 1.91. The SMILES string of the molecule is CNCc1nnc(N(C)CCS(C)(=O)=O)o1. The molecule has 7 nitrogen and oxygen atoms in total. The van der Waals surface area contributed by atoms with Gasteiger partial charge >= 0.3 is 6.01 Å². The van der Waals surface area contributed by atoms with E-state index in [0.29, 0.717) is 25.0 Å². The van der Waals surface area contributed by atoms with E-state index in [4.69, 9.17) is 4.42 Å². The molecule has 1 aromatic rings. The lowest BCUT2D eigenvalue weighted by Gasteiger charge is -2.12. The first-order valence-corrected chi connectivity index (χ1v) is 6.84. The first-order chi connectivity index (χ1) is 7.42. The number of nitrogens with one attached hydrogen (secondary N) is 1. The van der Waals surface area contributed by atoms with Gasteiger partial charge in [-0.1, -0.05) is 5.10 Å². The minimum Gasteiger partial charge on any atom is -0.407 e. The molecule has 1 N–H and O–H groups in total. The molecule has 1 rings (SSSR count). The van der Waals surface area contributed by atoms with Crippen LogP contribution >= 0.6 is 0 Å². The van der Waals surface area contributed by atoms with E-state index >= 15 is 0 Å². The van der Waals surface area contributed by atoms with Gasteiger partial charge in [0.25, 0.3) is 0 Å². The van der Waals surface area contributed by atoms with Crippen molar-refractivity contribution in [2.75, 3.05) is 37.5 Å². The van der Waals surface area contributed by atoms with Gasteiger partial charge in [0.05, 0.1) is 12.3 Å². The van der Waals surface area contributed by atoms with Gasteiger partial charge in [0.1, 0.15) is 9.84 Å². The molecule has 0 amide bonds. The second kappa shape index (κ2) is 5.26. The maximum Gasteiger partial charge on any atom is 0.317 e. The van der Waals surface area contributed by atoms with Crippen LogP contribution in [0.3, 0.4) is 0 Å². The molecule has 0 aliphatic rings. The molecule has 0 fully saturated rings. The van der Waals surface area contributed by atoms with E-state index in [2.05, 4.69) is 15.5 Å². The number of sulfone groups is 1. The fourth-order valence-electron chi connectivity index (χ4n) is 1.02. The summed E-state index contributed by atoms with van der Waals surface area (Å²) in [7, 11) is 0.511. The average molecular weight is 248 g/mol. The molecule has 0 unspecified atom stereocenters. The summed E-state index contributed by atoms with van der Waals surface area (Å²) < 4.78 is 27.2. The molecule has 0 aromatic carbocycles. The number of anilines is 1. The molecule has 1 aromatic heterocycles.